The summed E-state index contributed by atoms with van der Waals surface area (Å²) in [5.41, 5.74) is 0. The van der Waals surface area contributed by atoms with Crippen LogP contribution in [0.25, 0.3) is 0 Å². The van der Waals surface area contributed by atoms with Crippen LogP contribution in [0.15, 0.2) is 0 Å². The molecule has 56 valence electrons. The highest BCUT2D eigenvalue weighted by molar-refractivity contribution is 7.13. The highest BCUT2D eigenvalue weighted by Crippen LogP contribution is 2.27. The molecule has 2 fully saturated rings. The molecule has 0 aromatic rings. The molecule has 10 heavy (non-hydrogen) atoms. The maximum atomic E-state index is 10.9. The van der Waals surface area contributed by atoms with Crippen molar-refractivity contribution in [3.63, 3.8) is 0 Å². The van der Waals surface area contributed by atoms with Crippen molar-refractivity contribution in [3.05, 3.63) is 0 Å². The van der Waals surface area contributed by atoms with Gasteiger partial charge in [0.2, 0.25) is 5.91 Å². The quantitative estimate of drug-likeness (QED) is 0.492. The van der Waals surface area contributed by atoms with Gasteiger partial charge in [0.25, 0.3) is 0 Å². The maximum absolute atomic E-state index is 10.9. The second-order valence-electron chi connectivity index (χ2n) is 2.97. The molecule has 2 aliphatic heterocycles. The van der Waals surface area contributed by atoms with Crippen LogP contribution < -0.4 is 5.32 Å². The summed E-state index contributed by atoms with van der Waals surface area (Å²) in [5.74, 6) is 0.210. The van der Waals surface area contributed by atoms with E-state index in [-0.39, 0.29) is 5.91 Å². The van der Waals surface area contributed by atoms with Crippen molar-refractivity contribution in [2.45, 2.75) is 24.9 Å². The molecule has 0 saturated carbocycles. The number of hydrogen-bond acceptors (Lipinski definition) is 2. The van der Waals surface area contributed by atoms with E-state index in [4.69, 9.17) is 0 Å². The van der Waals surface area contributed by atoms with Crippen LogP contribution in [0.4, 0.5) is 0 Å². The van der Waals surface area contributed by atoms with Gasteiger partial charge in [0.15, 0.2) is 0 Å². The number of amides is 1. The molecule has 3 nitrogen and oxygen atoms in total. The van der Waals surface area contributed by atoms with Crippen molar-refractivity contribution in [3.8, 4) is 0 Å². The number of rotatable bonds is 0. The van der Waals surface area contributed by atoms with Crippen molar-refractivity contribution in [1.82, 2.24) is 9.99 Å². The maximum Gasteiger partial charge on any atom is 0.221 e. The Bertz CT molecular complexity index is 173. The van der Waals surface area contributed by atoms with E-state index in [1.807, 2.05) is 0 Å². The second kappa shape index (κ2) is 2.18. The van der Waals surface area contributed by atoms with E-state index in [0.29, 0.717) is 18.5 Å². The van der Waals surface area contributed by atoms with Gasteiger partial charge in [0.05, 0.1) is 0 Å². The fraction of sp³-hybridized carbons (Fsp3) is 0.833. The van der Waals surface area contributed by atoms with Gasteiger partial charge in [-0.1, -0.05) is 9.39 Å². The standard InChI is InChI=1S/C6H11N2OP/c9-6-3-5-4(7-6)1-2-8(5)10/h4-5H,1-3,10H2,(H,7,9)/t4-,5?/m1/s1. The average molecular weight is 158 g/mol. The Morgan fingerprint density at radius 2 is 2.50 bits per heavy atom. The number of fused-ring (bicyclic) bond motifs is 1. The minimum absolute atomic E-state index is 0.210. The van der Waals surface area contributed by atoms with Crippen molar-refractivity contribution in [2.24, 2.45) is 0 Å². The van der Waals surface area contributed by atoms with Crippen molar-refractivity contribution < 1.29 is 4.79 Å². The van der Waals surface area contributed by atoms with Crippen molar-refractivity contribution in [1.29, 1.82) is 0 Å². The molecule has 3 atom stereocenters. The summed E-state index contributed by atoms with van der Waals surface area (Å²) in [7, 11) is 2.68. The summed E-state index contributed by atoms with van der Waals surface area (Å²) >= 11 is 0. The number of hydrogen-bond donors (Lipinski definition) is 1. The minimum atomic E-state index is 0.210. The summed E-state index contributed by atoms with van der Waals surface area (Å²) in [4.78, 5) is 10.9. The summed E-state index contributed by atoms with van der Waals surface area (Å²) in [6, 6.07) is 0.891. The highest BCUT2D eigenvalue weighted by atomic mass is 31.0. The SMILES string of the molecule is O=C1CC2[C@@H](CCN2P)N1. The van der Waals surface area contributed by atoms with Crippen LogP contribution in [0.1, 0.15) is 12.8 Å². The lowest BCUT2D eigenvalue weighted by atomic mass is 10.1. The number of nitrogens with one attached hydrogen (secondary N) is 1. The molecular weight excluding hydrogens is 147 g/mol. The van der Waals surface area contributed by atoms with Gasteiger partial charge in [0, 0.05) is 25.0 Å². The van der Waals surface area contributed by atoms with Crippen LogP contribution in [0.3, 0.4) is 0 Å². The molecule has 0 aromatic carbocycles. The van der Waals surface area contributed by atoms with Crippen LogP contribution in [-0.2, 0) is 4.79 Å². The van der Waals surface area contributed by atoms with Gasteiger partial charge in [-0.2, -0.15) is 0 Å². The topological polar surface area (TPSA) is 32.3 Å². The Hall–Kier alpha value is -0.140. The molecule has 2 saturated heterocycles. The first-order valence-electron chi connectivity index (χ1n) is 3.58. The van der Waals surface area contributed by atoms with E-state index in [0.717, 1.165) is 13.0 Å². The lowest BCUT2D eigenvalue weighted by Gasteiger charge is -2.14. The van der Waals surface area contributed by atoms with Gasteiger partial charge in [-0.15, -0.1) is 0 Å². The van der Waals surface area contributed by atoms with Gasteiger partial charge < -0.3 is 5.32 Å². The third-order valence-corrected chi connectivity index (χ3v) is 2.97. The van der Waals surface area contributed by atoms with Gasteiger partial charge in [-0.3, -0.25) is 9.46 Å². The van der Waals surface area contributed by atoms with E-state index in [1.54, 1.807) is 0 Å². The third-order valence-electron chi connectivity index (χ3n) is 2.33. The predicted octanol–water partition coefficient (Wildman–Crippen LogP) is -0.261. The third kappa shape index (κ3) is 0.850. The first-order valence-corrected chi connectivity index (χ1v) is 4.10. The van der Waals surface area contributed by atoms with E-state index in [9.17, 15) is 4.79 Å². The van der Waals surface area contributed by atoms with Crippen LogP contribution in [0, 0.1) is 0 Å². The smallest absolute Gasteiger partial charge is 0.221 e. The second-order valence-corrected chi connectivity index (χ2v) is 3.64. The zero-order valence-electron chi connectivity index (χ0n) is 5.71. The van der Waals surface area contributed by atoms with E-state index < -0.39 is 0 Å². The lowest BCUT2D eigenvalue weighted by molar-refractivity contribution is -0.119. The van der Waals surface area contributed by atoms with E-state index >= 15 is 0 Å². The molecular formula is C6H11N2OP. The Morgan fingerprint density at radius 3 is 3.20 bits per heavy atom. The molecule has 1 N–H and O–H groups in total. The van der Waals surface area contributed by atoms with Gasteiger partial charge in [0.1, 0.15) is 0 Å². The normalized spacial score (nSPS) is 39.9. The minimum Gasteiger partial charge on any atom is -0.352 e. The number of carbonyl (C=O) groups is 1. The van der Waals surface area contributed by atoms with Crippen LogP contribution in [-0.4, -0.2) is 29.2 Å². The Balaban J connectivity index is 2.12. The van der Waals surface area contributed by atoms with E-state index in [1.165, 1.54) is 0 Å². The van der Waals surface area contributed by atoms with Crippen LogP contribution in [0.2, 0.25) is 0 Å². The van der Waals surface area contributed by atoms with Crippen LogP contribution in [0.5, 0.6) is 0 Å². The molecule has 0 aromatic heterocycles. The molecule has 4 heteroatoms. The van der Waals surface area contributed by atoms with Crippen molar-refractivity contribution >= 4 is 15.3 Å². The predicted molar refractivity (Wildman–Crippen MR) is 41.4 cm³/mol. The molecule has 2 aliphatic rings. The highest BCUT2D eigenvalue weighted by Gasteiger charge is 2.39. The van der Waals surface area contributed by atoms with Gasteiger partial charge in [-0.25, -0.2) is 0 Å². The number of carbonyl (C=O) groups excluding carboxylic acids is 1. The Kier molecular flexibility index (Phi) is 1.43. The molecule has 0 radical (unpaired) electrons. The first-order chi connectivity index (χ1) is 4.77. The lowest BCUT2D eigenvalue weighted by Crippen LogP contribution is -2.29. The molecule has 2 unspecified atom stereocenters. The van der Waals surface area contributed by atoms with Crippen LogP contribution >= 0.6 is 9.39 Å². The zero-order valence-corrected chi connectivity index (χ0v) is 6.86. The van der Waals surface area contributed by atoms with E-state index in [2.05, 4.69) is 19.4 Å². The Morgan fingerprint density at radius 1 is 1.70 bits per heavy atom. The molecule has 2 rings (SSSR count). The molecule has 0 aliphatic carbocycles. The fourth-order valence-electron chi connectivity index (χ4n) is 1.76. The van der Waals surface area contributed by atoms with Crippen molar-refractivity contribution in [2.75, 3.05) is 6.54 Å². The molecule has 1 amide bonds. The number of nitrogens with zero attached hydrogens (tertiary/aromatic N) is 1. The summed E-state index contributed by atoms with van der Waals surface area (Å²) in [6.07, 6.45) is 1.80. The largest absolute Gasteiger partial charge is 0.352 e. The molecule has 2 heterocycles. The molecule has 0 spiro atoms. The monoisotopic (exact) mass is 158 g/mol. The average Bonchev–Trinajstić information content (AvgIpc) is 2.35. The summed E-state index contributed by atoms with van der Waals surface area (Å²) in [6.45, 7) is 1.10. The fourth-order valence-corrected chi connectivity index (χ4v) is 2.22. The van der Waals surface area contributed by atoms with Gasteiger partial charge >= 0.3 is 0 Å². The Labute approximate surface area is 62.4 Å². The van der Waals surface area contributed by atoms with Gasteiger partial charge in [-0.05, 0) is 6.42 Å². The zero-order chi connectivity index (χ0) is 7.14. The first kappa shape index (κ1) is 6.56. The summed E-state index contributed by atoms with van der Waals surface area (Å²) in [5, 5.41) is 2.95. The summed E-state index contributed by atoms with van der Waals surface area (Å²) < 4.78 is 2.18. The molecule has 0 bridgehead atoms.